The Morgan fingerprint density at radius 2 is 0.717 bits per heavy atom. The summed E-state index contributed by atoms with van der Waals surface area (Å²) in [6.07, 6.45) is 24.2. The van der Waals surface area contributed by atoms with Crippen LogP contribution in [-0.4, -0.2) is 49.3 Å². The number of fused-ring (bicyclic) bond motifs is 4. The molecule has 0 amide bonds. The number of nitrogens with zero attached hydrogens (tertiary/aromatic N) is 4. The van der Waals surface area contributed by atoms with Crippen molar-refractivity contribution in [2.75, 3.05) is 26.4 Å². The van der Waals surface area contributed by atoms with Gasteiger partial charge in [-0.05, 0) is 146 Å². The van der Waals surface area contributed by atoms with Gasteiger partial charge >= 0.3 is 0 Å². The average molecular weight is 805 g/mol. The lowest BCUT2D eigenvalue weighted by molar-refractivity contribution is 0.275. The summed E-state index contributed by atoms with van der Waals surface area (Å²) < 4.78 is 25.4. The van der Waals surface area contributed by atoms with Crippen LogP contribution < -0.4 is 18.9 Å². The third-order valence-corrected chi connectivity index (χ3v) is 10.5. The number of hydrogen-bond acceptors (Lipinski definition) is 8. The molecule has 7 rings (SSSR count). The van der Waals surface area contributed by atoms with E-state index in [0.717, 1.165) is 117 Å². The Bertz CT molecular complexity index is 2110. The minimum atomic E-state index is 0.534. The molecule has 312 valence electrons. The zero-order chi connectivity index (χ0) is 42.2. The summed E-state index contributed by atoms with van der Waals surface area (Å²) in [6, 6.07) is 12.3. The quantitative estimate of drug-likeness (QED) is 0.150. The Kier molecular flexibility index (Phi) is 13.8. The molecule has 0 saturated heterocycles. The van der Waals surface area contributed by atoms with Gasteiger partial charge in [0.1, 0.15) is 23.0 Å². The molecule has 60 heavy (non-hydrogen) atoms. The summed E-state index contributed by atoms with van der Waals surface area (Å²) >= 11 is 0. The summed E-state index contributed by atoms with van der Waals surface area (Å²) in [5, 5.41) is 0. The van der Waals surface area contributed by atoms with E-state index in [0.29, 0.717) is 50.1 Å². The standard InChI is InChI=1S/C52H60N4O4/c1-33(2)17-21-57-43-25-37(26-44(31-43)58-22-18-34(3)4)51-47-13-9-39(53-47)29-41-11-15-49(55-41)52(50-16-12-42(56-50)30-40-10-14-48(51)54-40)38-27-45(59-23-19-35(5)6)32-46(28-38)60-24-20-36(7)8/h9-16,25-36H,17-24H2,1-8H3. The average Bonchev–Trinajstić information content (AvgIpc) is 4.02. The van der Waals surface area contributed by atoms with Crippen LogP contribution in [0.3, 0.4) is 0 Å². The molecule has 5 aliphatic rings. The molecule has 0 fully saturated rings. The van der Waals surface area contributed by atoms with Crippen LogP contribution in [0.2, 0.25) is 0 Å². The monoisotopic (exact) mass is 804 g/mol. The van der Waals surface area contributed by atoms with E-state index in [1.54, 1.807) is 0 Å². The van der Waals surface area contributed by atoms with Crippen LogP contribution in [-0.2, 0) is 0 Å². The van der Waals surface area contributed by atoms with Crippen LogP contribution in [0.15, 0.2) is 140 Å². The second-order valence-corrected chi connectivity index (χ2v) is 17.6. The number of rotatable bonds is 18. The lowest BCUT2D eigenvalue weighted by Gasteiger charge is -2.16. The number of ether oxygens (including phenoxy) is 4. The molecule has 5 aliphatic heterocycles. The summed E-state index contributed by atoms with van der Waals surface area (Å²) in [6.45, 7) is 20.1. The van der Waals surface area contributed by atoms with E-state index >= 15 is 0 Å². The second-order valence-electron chi connectivity index (χ2n) is 17.6. The topological polar surface area (TPSA) is 86.4 Å². The SMILES string of the molecule is CC(C)CCOc1cc(OCCC(C)C)cc(C2=C3C=CC(=N3)C=C3C=CC(=N3)C(c3cc(OCCC(C)C)cc(OCCC(C)C)c3)=C3C=CC(=N3)C=C3C=CC2=N3)c1. The molecule has 0 saturated carbocycles. The molecule has 0 N–H and O–H groups in total. The Hall–Kier alpha value is -5.76. The van der Waals surface area contributed by atoms with Gasteiger partial charge in [-0.25, -0.2) is 20.0 Å². The molecule has 0 spiro atoms. The maximum absolute atomic E-state index is 6.34. The van der Waals surface area contributed by atoms with Crippen molar-refractivity contribution < 1.29 is 18.9 Å². The zero-order valence-electron chi connectivity index (χ0n) is 36.6. The van der Waals surface area contributed by atoms with Gasteiger partial charge in [0.05, 0.1) is 72.1 Å². The van der Waals surface area contributed by atoms with Gasteiger partial charge < -0.3 is 18.9 Å². The summed E-state index contributed by atoms with van der Waals surface area (Å²) in [4.78, 5) is 20.7. The predicted octanol–water partition coefficient (Wildman–Crippen LogP) is 12.3. The maximum atomic E-state index is 6.34. The van der Waals surface area contributed by atoms with Crippen molar-refractivity contribution in [2.24, 2.45) is 43.6 Å². The molecule has 0 atom stereocenters. The lowest BCUT2D eigenvalue weighted by Crippen LogP contribution is -2.06. The smallest absolute Gasteiger partial charge is 0.123 e. The fraction of sp³-hybridized carbons (Fsp3) is 0.385. The van der Waals surface area contributed by atoms with Crippen molar-refractivity contribution in [1.29, 1.82) is 0 Å². The van der Waals surface area contributed by atoms with Gasteiger partial charge in [0.2, 0.25) is 0 Å². The number of benzene rings is 2. The van der Waals surface area contributed by atoms with Crippen molar-refractivity contribution in [2.45, 2.75) is 81.1 Å². The minimum Gasteiger partial charge on any atom is -0.493 e. The molecular formula is C52H60N4O4. The first kappa shape index (κ1) is 42.4. The van der Waals surface area contributed by atoms with Crippen LogP contribution in [0.25, 0.3) is 11.1 Å². The number of aliphatic imine (C=N–C) groups is 4. The Morgan fingerprint density at radius 3 is 1.03 bits per heavy atom. The maximum Gasteiger partial charge on any atom is 0.123 e. The van der Waals surface area contributed by atoms with Crippen molar-refractivity contribution in [1.82, 2.24) is 0 Å². The van der Waals surface area contributed by atoms with E-state index in [9.17, 15) is 0 Å². The molecule has 8 nitrogen and oxygen atoms in total. The highest BCUT2D eigenvalue weighted by Crippen LogP contribution is 2.37. The molecule has 0 aliphatic carbocycles. The van der Waals surface area contributed by atoms with E-state index in [2.05, 4.69) is 104 Å². The van der Waals surface area contributed by atoms with Crippen LogP contribution in [0.4, 0.5) is 0 Å². The molecule has 8 heteroatoms. The molecule has 5 heterocycles. The minimum absolute atomic E-state index is 0.534. The van der Waals surface area contributed by atoms with Crippen LogP contribution in [0.1, 0.15) is 92.2 Å². The van der Waals surface area contributed by atoms with E-state index in [4.69, 9.17) is 38.9 Å². The normalized spacial score (nSPS) is 16.7. The summed E-state index contributed by atoms with van der Waals surface area (Å²) in [5.74, 6) is 5.19. The zero-order valence-corrected chi connectivity index (χ0v) is 36.6. The molecule has 0 radical (unpaired) electrons. The van der Waals surface area contributed by atoms with E-state index in [-0.39, 0.29) is 0 Å². The lowest BCUT2D eigenvalue weighted by atomic mass is 9.98. The van der Waals surface area contributed by atoms with Crippen LogP contribution in [0, 0.1) is 23.7 Å². The molecule has 0 unspecified atom stereocenters. The van der Waals surface area contributed by atoms with Gasteiger partial charge in [0, 0.05) is 23.3 Å². The third kappa shape index (κ3) is 11.3. The molecule has 8 bridgehead atoms. The van der Waals surface area contributed by atoms with Gasteiger partial charge in [0.25, 0.3) is 0 Å². The molecule has 2 aromatic carbocycles. The Morgan fingerprint density at radius 1 is 0.383 bits per heavy atom. The molecule has 2 aromatic rings. The summed E-state index contributed by atoms with van der Waals surface area (Å²) in [5.41, 5.74) is 10.1. The molecular weight excluding hydrogens is 745 g/mol. The van der Waals surface area contributed by atoms with Gasteiger partial charge in [0.15, 0.2) is 0 Å². The molecule has 0 aromatic heterocycles. The Balaban J connectivity index is 1.31. The number of hydrogen-bond donors (Lipinski definition) is 0. The first-order valence-electron chi connectivity index (χ1n) is 21.8. The van der Waals surface area contributed by atoms with Gasteiger partial charge in [-0.15, -0.1) is 0 Å². The van der Waals surface area contributed by atoms with Gasteiger partial charge in [-0.2, -0.15) is 0 Å². The summed E-state index contributed by atoms with van der Waals surface area (Å²) in [7, 11) is 0. The van der Waals surface area contributed by atoms with Gasteiger partial charge in [-0.1, -0.05) is 55.4 Å². The highest BCUT2D eigenvalue weighted by Gasteiger charge is 2.24. The van der Waals surface area contributed by atoms with E-state index < -0.39 is 0 Å². The van der Waals surface area contributed by atoms with Gasteiger partial charge in [-0.3, -0.25) is 0 Å². The van der Waals surface area contributed by atoms with Crippen molar-refractivity contribution in [3.05, 3.63) is 131 Å². The van der Waals surface area contributed by atoms with Crippen LogP contribution in [0.5, 0.6) is 23.0 Å². The second kappa shape index (κ2) is 19.5. The first-order chi connectivity index (χ1) is 28.9. The third-order valence-electron chi connectivity index (χ3n) is 10.5. The fourth-order valence-electron chi connectivity index (χ4n) is 6.96. The fourth-order valence-corrected chi connectivity index (χ4v) is 6.96. The first-order valence-corrected chi connectivity index (χ1v) is 21.8. The number of allylic oxidation sites excluding steroid dienone is 12. The highest BCUT2D eigenvalue weighted by molar-refractivity contribution is 6.34. The van der Waals surface area contributed by atoms with Crippen molar-refractivity contribution in [3.63, 3.8) is 0 Å². The highest BCUT2D eigenvalue weighted by atomic mass is 16.5. The largest absolute Gasteiger partial charge is 0.493 e. The van der Waals surface area contributed by atoms with Crippen LogP contribution >= 0.6 is 0 Å². The van der Waals surface area contributed by atoms with Crippen molar-refractivity contribution in [3.8, 4) is 23.0 Å². The van der Waals surface area contributed by atoms with E-state index in [1.807, 2.05) is 48.6 Å². The van der Waals surface area contributed by atoms with Crippen molar-refractivity contribution >= 4 is 34.0 Å². The van der Waals surface area contributed by atoms with E-state index in [1.165, 1.54) is 0 Å². The predicted molar refractivity (Wildman–Crippen MR) is 249 cm³/mol. The Labute approximate surface area is 357 Å².